The van der Waals surface area contributed by atoms with E-state index in [1.807, 2.05) is 18.4 Å². The van der Waals surface area contributed by atoms with Crippen LogP contribution in [0.25, 0.3) is 0 Å². The van der Waals surface area contributed by atoms with Gasteiger partial charge in [-0.15, -0.1) is 11.3 Å². The predicted octanol–water partition coefficient (Wildman–Crippen LogP) is 3.96. The summed E-state index contributed by atoms with van der Waals surface area (Å²) in [5.74, 6) is 0.741. The van der Waals surface area contributed by atoms with Crippen LogP contribution < -0.4 is 9.47 Å². The van der Waals surface area contributed by atoms with Gasteiger partial charge in [0, 0.05) is 0 Å². The lowest BCUT2D eigenvalue weighted by Gasteiger charge is -2.12. The molecule has 1 aromatic heterocycles. The molecule has 3 nitrogen and oxygen atoms in total. The van der Waals surface area contributed by atoms with Crippen LogP contribution in [0.5, 0.6) is 11.5 Å². The van der Waals surface area contributed by atoms with Gasteiger partial charge in [-0.1, -0.05) is 11.6 Å². The minimum absolute atomic E-state index is 0.0890. The molecule has 2 aromatic rings. The lowest BCUT2D eigenvalue weighted by Crippen LogP contribution is -2.04. The van der Waals surface area contributed by atoms with E-state index in [1.54, 1.807) is 12.1 Å². The van der Waals surface area contributed by atoms with E-state index in [4.69, 9.17) is 21.1 Å². The Kier molecular flexibility index (Phi) is 4.12. The molecule has 0 amide bonds. The number of carbonyl (C=O) groups excluding carboxylic acids is 1. The molecule has 1 heterocycles. The fourth-order valence-electron chi connectivity index (χ4n) is 1.80. The average Bonchev–Trinajstić information content (AvgIpc) is 2.83. The summed E-state index contributed by atoms with van der Waals surface area (Å²) in [5, 5.41) is 2.20. The number of rotatable bonds is 4. The van der Waals surface area contributed by atoms with Crippen LogP contribution in [0.15, 0.2) is 23.6 Å². The normalized spacial score (nSPS) is 10.3. The van der Waals surface area contributed by atoms with Crippen LogP contribution in [0.3, 0.4) is 0 Å². The summed E-state index contributed by atoms with van der Waals surface area (Å²) in [6.07, 6.45) is 0. The molecule has 0 N–H and O–H groups in total. The summed E-state index contributed by atoms with van der Waals surface area (Å²) in [5.41, 5.74) is 1.39. The topological polar surface area (TPSA) is 35.5 Å². The summed E-state index contributed by atoms with van der Waals surface area (Å²) in [4.78, 5) is 13.2. The highest BCUT2D eigenvalue weighted by Gasteiger charge is 2.21. The minimum Gasteiger partial charge on any atom is -0.495 e. The van der Waals surface area contributed by atoms with E-state index in [-0.39, 0.29) is 5.78 Å². The molecule has 0 atom stereocenters. The molecule has 19 heavy (non-hydrogen) atoms. The van der Waals surface area contributed by atoms with Gasteiger partial charge in [0.2, 0.25) is 5.78 Å². The number of benzene rings is 1. The Labute approximate surface area is 120 Å². The lowest BCUT2D eigenvalue weighted by molar-refractivity contribution is 0.103. The van der Waals surface area contributed by atoms with Gasteiger partial charge in [-0.25, -0.2) is 0 Å². The Morgan fingerprint density at radius 2 is 1.95 bits per heavy atom. The lowest BCUT2D eigenvalue weighted by atomic mass is 10.1. The number of carbonyl (C=O) groups is 1. The van der Waals surface area contributed by atoms with Crippen molar-refractivity contribution < 1.29 is 14.3 Å². The third-order valence-corrected chi connectivity index (χ3v) is 4.17. The van der Waals surface area contributed by atoms with Gasteiger partial charge in [0.1, 0.15) is 10.8 Å². The molecule has 0 spiro atoms. The van der Waals surface area contributed by atoms with Gasteiger partial charge in [0.25, 0.3) is 0 Å². The van der Waals surface area contributed by atoms with Gasteiger partial charge >= 0.3 is 0 Å². The molecule has 2 rings (SSSR count). The smallest absolute Gasteiger partial charge is 0.206 e. The average molecular weight is 297 g/mol. The number of thiophene rings is 1. The Morgan fingerprint density at radius 1 is 1.21 bits per heavy atom. The van der Waals surface area contributed by atoms with Crippen LogP contribution in [-0.4, -0.2) is 20.0 Å². The fraction of sp³-hybridized carbons (Fsp3) is 0.214. The zero-order valence-corrected chi connectivity index (χ0v) is 12.4. The zero-order valence-electron chi connectivity index (χ0n) is 10.8. The van der Waals surface area contributed by atoms with E-state index >= 15 is 0 Å². The van der Waals surface area contributed by atoms with E-state index in [0.717, 1.165) is 5.56 Å². The first-order chi connectivity index (χ1) is 9.10. The first-order valence-electron chi connectivity index (χ1n) is 5.59. The molecule has 0 unspecified atom stereocenters. The van der Waals surface area contributed by atoms with Gasteiger partial charge < -0.3 is 9.47 Å². The molecule has 0 saturated heterocycles. The van der Waals surface area contributed by atoms with E-state index < -0.39 is 0 Å². The molecule has 0 aliphatic rings. The number of halogens is 1. The van der Waals surface area contributed by atoms with E-state index in [2.05, 4.69) is 0 Å². The summed E-state index contributed by atoms with van der Waals surface area (Å²) in [6.45, 7) is 1.90. The van der Waals surface area contributed by atoms with Crippen molar-refractivity contribution in [3.05, 3.63) is 44.6 Å². The van der Waals surface area contributed by atoms with Crippen molar-refractivity contribution in [1.82, 2.24) is 0 Å². The summed E-state index contributed by atoms with van der Waals surface area (Å²) < 4.78 is 10.4. The fourth-order valence-corrected chi connectivity index (χ4v) is 3.00. The van der Waals surface area contributed by atoms with Crippen molar-refractivity contribution in [2.24, 2.45) is 0 Å². The first kappa shape index (κ1) is 13.9. The number of hydrogen-bond donors (Lipinski definition) is 0. The zero-order chi connectivity index (χ0) is 14.0. The maximum absolute atomic E-state index is 12.5. The van der Waals surface area contributed by atoms with Crippen LogP contribution in [-0.2, 0) is 0 Å². The van der Waals surface area contributed by atoms with Gasteiger partial charge in [-0.05, 0) is 36.1 Å². The van der Waals surface area contributed by atoms with Crippen LogP contribution in [0.4, 0.5) is 0 Å². The van der Waals surface area contributed by atoms with E-state index in [1.165, 1.54) is 25.6 Å². The number of aryl methyl sites for hydroxylation is 1. The highest BCUT2D eigenvalue weighted by atomic mass is 35.5. The number of ketones is 1. The molecule has 100 valence electrons. The van der Waals surface area contributed by atoms with Crippen molar-refractivity contribution in [1.29, 1.82) is 0 Å². The molecule has 0 fully saturated rings. The van der Waals surface area contributed by atoms with Crippen molar-refractivity contribution in [3.8, 4) is 11.5 Å². The van der Waals surface area contributed by atoms with Crippen LogP contribution in [0.2, 0.25) is 5.02 Å². The second kappa shape index (κ2) is 5.63. The maximum atomic E-state index is 12.5. The standard InChI is InChI=1S/C14H13ClO3S/c1-8-6-7-19-14(8)12(16)9-4-5-10(17-2)11(15)13(9)18-3/h4-7H,1-3H3. The van der Waals surface area contributed by atoms with Gasteiger partial charge in [0.15, 0.2) is 5.75 Å². The third kappa shape index (κ3) is 2.46. The molecule has 1 aromatic carbocycles. The first-order valence-corrected chi connectivity index (χ1v) is 6.85. The Hall–Kier alpha value is -1.52. The van der Waals surface area contributed by atoms with Crippen molar-refractivity contribution >= 4 is 28.7 Å². The van der Waals surface area contributed by atoms with Crippen LogP contribution in [0.1, 0.15) is 20.8 Å². The number of ether oxygens (including phenoxy) is 2. The molecule has 0 saturated carbocycles. The van der Waals surface area contributed by atoms with Gasteiger partial charge in [0.05, 0.1) is 24.7 Å². The predicted molar refractivity (Wildman–Crippen MR) is 77.0 cm³/mol. The molecule has 0 aliphatic heterocycles. The molecule has 0 radical (unpaired) electrons. The molecular formula is C14H13ClO3S. The van der Waals surface area contributed by atoms with Crippen LogP contribution in [0, 0.1) is 6.92 Å². The highest BCUT2D eigenvalue weighted by Crippen LogP contribution is 2.38. The summed E-state index contributed by atoms with van der Waals surface area (Å²) >= 11 is 7.57. The highest BCUT2D eigenvalue weighted by molar-refractivity contribution is 7.12. The summed E-state index contributed by atoms with van der Waals surface area (Å²) in [7, 11) is 3.00. The Bertz CT molecular complexity index is 619. The van der Waals surface area contributed by atoms with Gasteiger partial charge in [-0.2, -0.15) is 0 Å². The molecule has 5 heteroatoms. The van der Waals surface area contributed by atoms with Crippen molar-refractivity contribution in [2.75, 3.05) is 14.2 Å². The van der Waals surface area contributed by atoms with Gasteiger partial charge in [-0.3, -0.25) is 4.79 Å². The SMILES string of the molecule is COc1ccc(C(=O)c2sccc2C)c(OC)c1Cl. The molecule has 0 aliphatic carbocycles. The van der Waals surface area contributed by atoms with E-state index in [9.17, 15) is 4.79 Å². The van der Waals surface area contributed by atoms with Crippen molar-refractivity contribution in [2.45, 2.75) is 6.92 Å². The summed E-state index contributed by atoms with van der Waals surface area (Å²) in [6, 6.07) is 5.25. The van der Waals surface area contributed by atoms with Crippen molar-refractivity contribution in [3.63, 3.8) is 0 Å². The number of methoxy groups -OCH3 is 2. The maximum Gasteiger partial charge on any atom is 0.206 e. The van der Waals surface area contributed by atoms with Crippen LogP contribution >= 0.6 is 22.9 Å². The minimum atomic E-state index is -0.0890. The third-order valence-electron chi connectivity index (χ3n) is 2.80. The second-order valence-corrected chi connectivity index (χ2v) is 5.22. The largest absolute Gasteiger partial charge is 0.495 e. The number of hydrogen-bond acceptors (Lipinski definition) is 4. The Morgan fingerprint density at radius 3 is 2.47 bits per heavy atom. The quantitative estimate of drug-likeness (QED) is 0.801. The molecular weight excluding hydrogens is 284 g/mol. The Balaban J connectivity index is 2.54. The van der Waals surface area contributed by atoms with E-state index in [0.29, 0.717) is 27.0 Å². The molecule has 0 bridgehead atoms. The monoisotopic (exact) mass is 296 g/mol. The second-order valence-electron chi connectivity index (χ2n) is 3.92.